The largest absolute Gasteiger partial charge is 0.250 e. The Kier molecular flexibility index (Phi) is 7.18. The number of rotatable bonds is 4. The molecule has 26 heavy (non-hydrogen) atoms. The van der Waals surface area contributed by atoms with Gasteiger partial charge in [0.1, 0.15) is 0 Å². The minimum Gasteiger partial charge on any atom is -0.146 e. The SMILES string of the molecule is C1=C[CH]([Hf][CH]2C=Cc3ccccc32)c2ccccc21.CC[Si](Cl)(Cl)CC. The van der Waals surface area contributed by atoms with Crippen molar-refractivity contribution >= 4 is 41.0 Å². The smallest absolute Gasteiger partial charge is 0.146 e. The number of hydrogen-bond acceptors (Lipinski definition) is 0. The molecule has 2 aliphatic rings. The zero-order valence-corrected chi connectivity index (χ0v) is 21.4. The zero-order chi connectivity index (χ0) is 18.6. The van der Waals surface area contributed by atoms with Gasteiger partial charge in [-0.1, -0.05) is 13.8 Å². The Morgan fingerprint density at radius 2 is 1.19 bits per heavy atom. The molecule has 0 fully saturated rings. The average Bonchev–Trinajstić information content (AvgIpc) is 3.28. The molecule has 0 saturated heterocycles. The van der Waals surface area contributed by atoms with E-state index in [1.54, 1.807) is 11.1 Å². The molecule has 0 N–H and O–H groups in total. The number of fused-ring (bicyclic) bond motifs is 2. The molecular weight excluding hydrogens is 542 g/mol. The summed E-state index contributed by atoms with van der Waals surface area (Å²) >= 11 is 10.8. The first kappa shape index (κ1) is 20.3. The monoisotopic (exact) mass is 566 g/mol. The van der Waals surface area contributed by atoms with Crippen LogP contribution in [-0.2, 0) is 22.9 Å². The molecule has 4 rings (SSSR count). The Labute approximate surface area is 179 Å². The van der Waals surface area contributed by atoms with Crippen LogP contribution in [0.15, 0.2) is 60.7 Å². The van der Waals surface area contributed by atoms with E-state index in [1.165, 1.54) is 11.1 Å². The maximum atomic E-state index is 5.81. The van der Waals surface area contributed by atoms with Gasteiger partial charge in [0.15, 0.2) is 0 Å². The van der Waals surface area contributed by atoms with Gasteiger partial charge < -0.3 is 0 Å². The zero-order valence-electron chi connectivity index (χ0n) is 15.3. The van der Waals surface area contributed by atoms with Crippen LogP contribution in [0.4, 0.5) is 0 Å². The first-order valence-electron chi connectivity index (χ1n) is 9.22. The van der Waals surface area contributed by atoms with E-state index in [2.05, 4.69) is 72.8 Å². The van der Waals surface area contributed by atoms with Crippen molar-refractivity contribution in [1.29, 1.82) is 0 Å². The first-order chi connectivity index (χ1) is 12.5. The van der Waals surface area contributed by atoms with Gasteiger partial charge in [-0.2, -0.15) is 0 Å². The van der Waals surface area contributed by atoms with Crippen molar-refractivity contribution in [1.82, 2.24) is 0 Å². The van der Waals surface area contributed by atoms with Crippen molar-refractivity contribution in [3.8, 4) is 0 Å². The van der Waals surface area contributed by atoms with Crippen LogP contribution >= 0.6 is 22.2 Å². The molecule has 4 heteroatoms. The molecule has 0 saturated carbocycles. The van der Waals surface area contributed by atoms with Crippen LogP contribution in [0, 0.1) is 0 Å². The van der Waals surface area contributed by atoms with Crippen molar-refractivity contribution in [2.75, 3.05) is 0 Å². The van der Waals surface area contributed by atoms with Gasteiger partial charge in [0, 0.05) is 0 Å². The van der Waals surface area contributed by atoms with Crippen LogP contribution in [0.25, 0.3) is 12.2 Å². The normalized spacial score (nSPS) is 19.5. The molecule has 0 nitrogen and oxygen atoms in total. The summed E-state index contributed by atoms with van der Waals surface area (Å²) in [6, 6.07) is 19.7. The Morgan fingerprint density at radius 3 is 1.58 bits per heavy atom. The fourth-order valence-corrected chi connectivity index (χ4v) is 9.79. The van der Waals surface area contributed by atoms with Crippen LogP contribution in [-0.4, -0.2) is 6.69 Å². The summed E-state index contributed by atoms with van der Waals surface area (Å²) < 4.78 is 1.52. The standard InChI is InChI=1S/2C9H7.C4H10Cl2Si.Hf/c2*1-2-5-9-7-3-6-8(9)4-1;1-3-7(5,6)4-2;/h2*1-7H;3-4H2,1-2H3;. The maximum Gasteiger partial charge on any atom is 0.250 e. The van der Waals surface area contributed by atoms with Crippen molar-refractivity contribution < 1.29 is 22.9 Å². The summed E-state index contributed by atoms with van der Waals surface area (Å²) in [5.41, 5.74) is 6.03. The molecule has 0 bridgehead atoms. The topological polar surface area (TPSA) is 0 Å². The summed E-state index contributed by atoms with van der Waals surface area (Å²) in [6.07, 6.45) is 9.53. The number of hydrogen-bond donors (Lipinski definition) is 0. The summed E-state index contributed by atoms with van der Waals surface area (Å²) in [7, 11) is 0. The number of halogens is 2. The van der Waals surface area contributed by atoms with E-state index >= 15 is 0 Å². The van der Waals surface area contributed by atoms with Gasteiger partial charge >= 0.3 is 125 Å². The predicted octanol–water partition coefficient (Wildman–Crippen LogP) is 7.55. The van der Waals surface area contributed by atoms with E-state index in [1.807, 2.05) is 13.8 Å². The second-order valence-electron chi connectivity index (χ2n) is 6.66. The second-order valence-corrected chi connectivity index (χ2v) is 20.4. The fourth-order valence-electron chi connectivity index (χ4n) is 3.23. The first-order valence-corrected chi connectivity index (χ1v) is 17.8. The summed E-state index contributed by atoms with van der Waals surface area (Å²) in [5.74, 6) is 0. The molecule has 2 aliphatic carbocycles. The minimum absolute atomic E-state index is 0.761. The molecule has 2 atom stereocenters. The summed E-state index contributed by atoms with van der Waals surface area (Å²) in [4.78, 5) is 0. The van der Waals surface area contributed by atoms with Gasteiger partial charge in [-0.15, -0.1) is 22.2 Å². The third-order valence-electron chi connectivity index (χ3n) is 4.99. The van der Waals surface area contributed by atoms with E-state index in [-0.39, 0.29) is 0 Å². The van der Waals surface area contributed by atoms with Crippen LogP contribution in [0.2, 0.25) is 12.1 Å². The molecule has 0 aromatic heterocycles. The van der Waals surface area contributed by atoms with Crippen molar-refractivity contribution in [2.45, 2.75) is 33.3 Å². The quantitative estimate of drug-likeness (QED) is 0.265. The van der Waals surface area contributed by atoms with E-state index in [4.69, 9.17) is 22.2 Å². The van der Waals surface area contributed by atoms with Gasteiger partial charge in [-0.3, -0.25) is 0 Å². The molecule has 0 heterocycles. The van der Waals surface area contributed by atoms with Crippen LogP contribution < -0.4 is 0 Å². The van der Waals surface area contributed by atoms with Crippen LogP contribution in [0.3, 0.4) is 0 Å². The minimum atomic E-state index is -1.71. The Bertz CT molecular complexity index is 748. The fraction of sp³-hybridized carbons (Fsp3) is 0.273. The Morgan fingerprint density at radius 1 is 0.769 bits per heavy atom. The van der Waals surface area contributed by atoms with E-state index in [0.717, 1.165) is 19.4 Å². The van der Waals surface area contributed by atoms with Gasteiger partial charge in [-0.25, -0.2) is 0 Å². The van der Waals surface area contributed by atoms with E-state index < -0.39 is 29.6 Å². The van der Waals surface area contributed by atoms with Crippen LogP contribution in [0.5, 0.6) is 0 Å². The second kappa shape index (κ2) is 9.19. The number of benzene rings is 2. The van der Waals surface area contributed by atoms with Crippen molar-refractivity contribution in [3.63, 3.8) is 0 Å². The van der Waals surface area contributed by atoms with Crippen molar-refractivity contribution in [2.24, 2.45) is 0 Å². The predicted molar refractivity (Wildman–Crippen MR) is 115 cm³/mol. The Hall–Kier alpha value is -0.413. The molecule has 0 amide bonds. The molecule has 2 aromatic rings. The van der Waals surface area contributed by atoms with E-state index in [9.17, 15) is 0 Å². The molecule has 0 aliphatic heterocycles. The maximum absolute atomic E-state index is 5.81. The third kappa shape index (κ3) is 4.89. The molecule has 2 unspecified atom stereocenters. The Balaban J connectivity index is 0.000000242. The van der Waals surface area contributed by atoms with E-state index in [0.29, 0.717) is 0 Å². The van der Waals surface area contributed by atoms with Gasteiger partial charge in [-0.05, 0) is 12.1 Å². The molecular formula is C22H24Cl2HfSi. The van der Waals surface area contributed by atoms with Gasteiger partial charge in [0.25, 0.3) is 6.69 Å². The van der Waals surface area contributed by atoms with Gasteiger partial charge in [0.05, 0.1) is 0 Å². The van der Waals surface area contributed by atoms with Crippen molar-refractivity contribution in [3.05, 3.63) is 82.9 Å². The number of allylic oxidation sites excluding steroid dienone is 2. The molecule has 134 valence electrons. The molecule has 0 spiro atoms. The average molecular weight is 566 g/mol. The summed E-state index contributed by atoms with van der Waals surface area (Å²) in [5, 5.41) is 0. The summed E-state index contributed by atoms with van der Waals surface area (Å²) in [6.45, 7) is 2.37. The van der Waals surface area contributed by atoms with Crippen LogP contribution in [0.1, 0.15) is 43.5 Å². The molecule has 0 radical (unpaired) electrons. The van der Waals surface area contributed by atoms with Gasteiger partial charge in [0.2, 0.25) is 0 Å². The third-order valence-corrected chi connectivity index (χ3v) is 16.5. The molecule has 2 aromatic carbocycles.